The highest BCUT2D eigenvalue weighted by Crippen LogP contribution is 2.33. The van der Waals surface area contributed by atoms with Gasteiger partial charge in [0.2, 0.25) is 5.91 Å². The summed E-state index contributed by atoms with van der Waals surface area (Å²) >= 11 is 6.22. The van der Waals surface area contributed by atoms with Gasteiger partial charge in [0.15, 0.2) is 6.10 Å². The first-order valence-corrected chi connectivity index (χ1v) is 9.47. The Labute approximate surface area is 164 Å². The fourth-order valence-corrected chi connectivity index (χ4v) is 3.36. The molecule has 0 bridgehead atoms. The molecule has 0 radical (unpaired) electrons. The van der Waals surface area contributed by atoms with E-state index in [4.69, 9.17) is 16.3 Å². The van der Waals surface area contributed by atoms with Crippen LogP contribution in [0.2, 0.25) is 5.02 Å². The van der Waals surface area contributed by atoms with Crippen molar-refractivity contribution in [2.75, 3.05) is 18.0 Å². The molecule has 0 aromatic heterocycles. The summed E-state index contributed by atoms with van der Waals surface area (Å²) < 4.78 is 5.64. The minimum Gasteiger partial charge on any atom is -0.479 e. The lowest BCUT2D eigenvalue weighted by Crippen LogP contribution is -2.46. The van der Waals surface area contributed by atoms with Gasteiger partial charge in [-0.15, -0.1) is 0 Å². The smallest absolute Gasteiger partial charge is 0.267 e. The third-order valence-electron chi connectivity index (χ3n) is 4.68. The summed E-state index contributed by atoms with van der Waals surface area (Å²) in [6.07, 6.45) is -0.314. The number of hydrogen-bond acceptors (Lipinski definition) is 3. The first-order chi connectivity index (χ1) is 13.0. The zero-order valence-electron chi connectivity index (χ0n) is 15.5. The molecule has 2 amide bonds. The van der Waals surface area contributed by atoms with E-state index in [0.29, 0.717) is 36.1 Å². The largest absolute Gasteiger partial charge is 0.479 e. The van der Waals surface area contributed by atoms with E-state index < -0.39 is 6.10 Å². The number of rotatable bonds is 6. The molecule has 2 aromatic rings. The highest BCUT2D eigenvalue weighted by molar-refractivity contribution is 6.31. The molecule has 0 saturated carbocycles. The molecule has 142 valence electrons. The van der Waals surface area contributed by atoms with Gasteiger partial charge in [-0.25, -0.2) is 0 Å². The van der Waals surface area contributed by atoms with Crippen LogP contribution in [-0.4, -0.2) is 35.9 Å². The lowest BCUT2D eigenvalue weighted by Gasteiger charge is -2.33. The van der Waals surface area contributed by atoms with Crippen molar-refractivity contribution < 1.29 is 14.3 Å². The van der Waals surface area contributed by atoms with Gasteiger partial charge in [-0.2, -0.15) is 0 Å². The quantitative estimate of drug-likeness (QED) is 0.756. The Balaban J connectivity index is 1.69. The van der Waals surface area contributed by atoms with Gasteiger partial charge >= 0.3 is 0 Å². The van der Waals surface area contributed by atoms with E-state index in [-0.39, 0.29) is 18.2 Å². The number of fused-ring (bicyclic) bond motifs is 1. The van der Waals surface area contributed by atoms with Crippen molar-refractivity contribution in [1.82, 2.24) is 4.90 Å². The molecule has 2 aromatic carbocycles. The minimum atomic E-state index is -0.555. The number of ether oxygens (including phenoxy) is 1. The fourth-order valence-electron chi connectivity index (χ4n) is 3.16. The molecule has 0 fully saturated rings. The molecule has 0 spiro atoms. The Morgan fingerprint density at radius 1 is 1.19 bits per heavy atom. The van der Waals surface area contributed by atoms with Crippen LogP contribution in [0.3, 0.4) is 0 Å². The summed E-state index contributed by atoms with van der Waals surface area (Å²) in [5, 5.41) is 0.648. The van der Waals surface area contributed by atoms with Gasteiger partial charge in [-0.05, 0) is 37.6 Å². The zero-order chi connectivity index (χ0) is 19.4. The molecule has 6 heteroatoms. The third-order valence-corrected chi connectivity index (χ3v) is 5.05. The van der Waals surface area contributed by atoms with E-state index in [1.165, 1.54) is 0 Å². The lowest BCUT2D eigenvalue weighted by atomic mass is 10.1. The van der Waals surface area contributed by atoms with Crippen LogP contribution >= 0.6 is 11.6 Å². The Bertz CT molecular complexity index is 840. The Hall–Kier alpha value is -2.53. The second-order valence-electron chi connectivity index (χ2n) is 6.47. The fraction of sp³-hybridized carbons (Fsp3) is 0.333. The molecule has 0 N–H and O–H groups in total. The van der Waals surface area contributed by atoms with E-state index in [9.17, 15) is 9.59 Å². The summed E-state index contributed by atoms with van der Waals surface area (Å²) in [6, 6.07) is 14.9. The molecule has 0 saturated heterocycles. The van der Waals surface area contributed by atoms with Gasteiger partial charge in [-0.1, -0.05) is 41.9 Å². The standard InChI is InChI=1S/C21H23ClN2O3/c1-3-23(14-16-8-4-5-9-17(16)22)20(25)12-13-24-18-10-6-7-11-19(18)27-15(2)21(24)26/h4-11,15H,3,12-14H2,1-2H3/t15-/m0/s1. The van der Waals surface area contributed by atoms with Crippen molar-refractivity contribution in [3.05, 3.63) is 59.1 Å². The average Bonchev–Trinajstić information content (AvgIpc) is 2.67. The summed E-state index contributed by atoms with van der Waals surface area (Å²) in [4.78, 5) is 28.7. The topological polar surface area (TPSA) is 49.9 Å². The first-order valence-electron chi connectivity index (χ1n) is 9.09. The number of halogens is 1. The Morgan fingerprint density at radius 2 is 1.89 bits per heavy atom. The van der Waals surface area contributed by atoms with E-state index in [0.717, 1.165) is 5.56 Å². The van der Waals surface area contributed by atoms with Gasteiger partial charge in [-0.3, -0.25) is 9.59 Å². The van der Waals surface area contributed by atoms with Crippen LogP contribution in [0.1, 0.15) is 25.8 Å². The molecular formula is C21H23ClN2O3. The first kappa shape index (κ1) is 19.2. The number of carbonyl (C=O) groups excluding carboxylic acids is 2. The van der Waals surface area contributed by atoms with Crippen LogP contribution in [0.4, 0.5) is 5.69 Å². The highest BCUT2D eigenvalue weighted by Gasteiger charge is 2.31. The second kappa shape index (κ2) is 8.44. The second-order valence-corrected chi connectivity index (χ2v) is 6.87. The van der Waals surface area contributed by atoms with Crippen LogP contribution in [0.15, 0.2) is 48.5 Å². The number of nitrogens with zero attached hydrogens (tertiary/aromatic N) is 2. The van der Waals surface area contributed by atoms with Gasteiger partial charge in [0.05, 0.1) is 5.69 Å². The van der Waals surface area contributed by atoms with Gasteiger partial charge in [0.1, 0.15) is 5.75 Å². The number of amides is 2. The summed E-state index contributed by atoms with van der Waals surface area (Å²) in [5.74, 6) is 0.526. The molecule has 5 nitrogen and oxygen atoms in total. The summed E-state index contributed by atoms with van der Waals surface area (Å²) in [7, 11) is 0. The van der Waals surface area contributed by atoms with Crippen LogP contribution in [0, 0.1) is 0 Å². The van der Waals surface area contributed by atoms with Crippen molar-refractivity contribution in [1.29, 1.82) is 0 Å². The molecule has 27 heavy (non-hydrogen) atoms. The third kappa shape index (κ3) is 4.25. The molecule has 1 atom stereocenters. The van der Waals surface area contributed by atoms with Crippen LogP contribution in [0.5, 0.6) is 5.75 Å². The molecule has 0 unspecified atom stereocenters. The Kier molecular flexibility index (Phi) is 6.01. The van der Waals surface area contributed by atoms with E-state index in [2.05, 4.69) is 0 Å². The highest BCUT2D eigenvalue weighted by atomic mass is 35.5. The van der Waals surface area contributed by atoms with Crippen LogP contribution in [0.25, 0.3) is 0 Å². The minimum absolute atomic E-state index is 0.0122. The van der Waals surface area contributed by atoms with Crippen molar-refractivity contribution in [3.63, 3.8) is 0 Å². The van der Waals surface area contributed by atoms with Gasteiger partial charge < -0.3 is 14.5 Å². The van der Waals surface area contributed by atoms with Crippen LogP contribution in [-0.2, 0) is 16.1 Å². The van der Waals surface area contributed by atoms with Crippen molar-refractivity contribution in [2.45, 2.75) is 32.9 Å². The molecular weight excluding hydrogens is 364 g/mol. The monoisotopic (exact) mass is 386 g/mol. The van der Waals surface area contributed by atoms with Gasteiger partial charge in [0, 0.05) is 31.1 Å². The molecule has 1 heterocycles. The van der Waals surface area contributed by atoms with E-state index >= 15 is 0 Å². The Morgan fingerprint density at radius 3 is 2.63 bits per heavy atom. The van der Waals surface area contributed by atoms with Crippen LogP contribution < -0.4 is 9.64 Å². The number of carbonyl (C=O) groups is 2. The summed E-state index contributed by atoms with van der Waals surface area (Å²) in [5.41, 5.74) is 1.62. The summed E-state index contributed by atoms with van der Waals surface area (Å²) in [6.45, 7) is 5.02. The van der Waals surface area contributed by atoms with E-state index in [1.54, 1.807) is 16.7 Å². The lowest BCUT2D eigenvalue weighted by molar-refractivity contribution is -0.131. The number of para-hydroxylation sites is 2. The van der Waals surface area contributed by atoms with Crippen molar-refractivity contribution >= 4 is 29.1 Å². The number of hydrogen-bond donors (Lipinski definition) is 0. The maximum Gasteiger partial charge on any atom is 0.267 e. The average molecular weight is 387 g/mol. The molecule has 0 aliphatic carbocycles. The SMILES string of the molecule is CCN(Cc1ccccc1Cl)C(=O)CCN1C(=O)[C@H](C)Oc2ccccc21. The normalized spacial score (nSPS) is 15.9. The molecule has 1 aliphatic rings. The number of benzene rings is 2. The van der Waals surface area contributed by atoms with Crippen molar-refractivity contribution in [2.24, 2.45) is 0 Å². The van der Waals surface area contributed by atoms with Gasteiger partial charge in [0.25, 0.3) is 5.91 Å². The van der Waals surface area contributed by atoms with E-state index in [1.807, 2.05) is 55.5 Å². The predicted octanol–water partition coefficient (Wildman–Crippen LogP) is 3.89. The maximum absolute atomic E-state index is 12.7. The molecule has 1 aliphatic heterocycles. The predicted molar refractivity (Wildman–Crippen MR) is 106 cm³/mol. The number of anilines is 1. The zero-order valence-corrected chi connectivity index (χ0v) is 16.3. The van der Waals surface area contributed by atoms with Crippen molar-refractivity contribution in [3.8, 4) is 5.75 Å². The maximum atomic E-state index is 12.7. The molecule has 3 rings (SSSR count).